The quantitative estimate of drug-likeness (QED) is 0.732. The topological polar surface area (TPSA) is 9.23 Å². The maximum absolute atomic E-state index is 5.34. The lowest BCUT2D eigenvalue weighted by molar-refractivity contribution is 0.413. The third kappa shape index (κ3) is 1.55. The van der Waals surface area contributed by atoms with Gasteiger partial charge in [0.25, 0.3) is 0 Å². The van der Waals surface area contributed by atoms with E-state index in [9.17, 15) is 0 Å². The summed E-state index contributed by atoms with van der Waals surface area (Å²) in [5.41, 5.74) is 3.97. The number of hydrogen-bond donors (Lipinski definition) is 1. The number of allylic oxidation sites excluding steroid dienone is 1. The van der Waals surface area contributed by atoms with Gasteiger partial charge < -0.3 is 4.74 Å². The Morgan fingerprint density at radius 2 is 2.29 bits per heavy atom. The molecule has 74 valence electrons. The van der Waals surface area contributed by atoms with E-state index in [0.717, 1.165) is 24.3 Å². The Bertz CT molecular complexity index is 369. The van der Waals surface area contributed by atoms with Gasteiger partial charge in [-0.2, -0.15) is 12.6 Å². The summed E-state index contributed by atoms with van der Waals surface area (Å²) in [5.74, 6) is 1.78. The SMILES string of the molecule is COc1ccc(CS)c2c1C=CCC2. The molecule has 0 unspecified atom stereocenters. The van der Waals surface area contributed by atoms with Gasteiger partial charge in [-0.3, -0.25) is 0 Å². The van der Waals surface area contributed by atoms with Crippen LogP contribution in [-0.4, -0.2) is 7.11 Å². The molecule has 0 bridgehead atoms. The summed E-state index contributed by atoms with van der Waals surface area (Å²) in [7, 11) is 1.72. The molecule has 2 rings (SSSR count). The second kappa shape index (κ2) is 4.09. The molecule has 0 fully saturated rings. The van der Waals surface area contributed by atoms with Crippen molar-refractivity contribution in [1.82, 2.24) is 0 Å². The lowest BCUT2D eigenvalue weighted by Crippen LogP contribution is -2.01. The molecule has 14 heavy (non-hydrogen) atoms. The molecule has 1 aliphatic rings. The van der Waals surface area contributed by atoms with Crippen LogP contribution in [-0.2, 0) is 12.2 Å². The lowest BCUT2D eigenvalue weighted by Gasteiger charge is -2.17. The van der Waals surface area contributed by atoms with Crippen LogP contribution in [0.4, 0.5) is 0 Å². The van der Waals surface area contributed by atoms with E-state index in [4.69, 9.17) is 4.74 Å². The normalized spacial score (nSPS) is 13.9. The van der Waals surface area contributed by atoms with Crippen molar-refractivity contribution >= 4 is 18.7 Å². The van der Waals surface area contributed by atoms with E-state index in [0.29, 0.717) is 0 Å². The summed E-state index contributed by atoms with van der Waals surface area (Å²) in [6.07, 6.45) is 6.59. The minimum Gasteiger partial charge on any atom is -0.496 e. The molecule has 1 aliphatic carbocycles. The Kier molecular flexibility index (Phi) is 2.82. The largest absolute Gasteiger partial charge is 0.496 e. The monoisotopic (exact) mass is 206 g/mol. The Balaban J connectivity index is 2.58. The number of rotatable bonds is 2. The molecule has 0 atom stereocenters. The fourth-order valence-electron chi connectivity index (χ4n) is 1.92. The van der Waals surface area contributed by atoms with Gasteiger partial charge in [0.05, 0.1) is 7.11 Å². The average Bonchev–Trinajstić information content (AvgIpc) is 2.27. The first kappa shape index (κ1) is 9.66. The predicted molar refractivity (Wildman–Crippen MR) is 63.0 cm³/mol. The summed E-state index contributed by atoms with van der Waals surface area (Å²) in [6.45, 7) is 0. The predicted octanol–water partition coefficient (Wildman–Crippen LogP) is 3.08. The third-order valence-corrected chi connectivity index (χ3v) is 2.99. The van der Waals surface area contributed by atoms with Crippen LogP contribution in [0.2, 0.25) is 0 Å². The number of thiol groups is 1. The van der Waals surface area contributed by atoms with Crippen molar-refractivity contribution in [3.63, 3.8) is 0 Å². The molecule has 0 saturated heterocycles. The minimum atomic E-state index is 0.806. The van der Waals surface area contributed by atoms with E-state index in [1.54, 1.807) is 7.11 Å². The Labute approximate surface area is 90.2 Å². The highest BCUT2D eigenvalue weighted by Crippen LogP contribution is 2.31. The molecule has 0 heterocycles. The Morgan fingerprint density at radius 3 is 3.00 bits per heavy atom. The molecule has 0 aromatic heterocycles. The molecule has 1 aromatic rings. The van der Waals surface area contributed by atoms with Gasteiger partial charge in [-0.15, -0.1) is 0 Å². The molecule has 2 heteroatoms. The molecular weight excluding hydrogens is 192 g/mol. The van der Waals surface area contributed by atoms with Gasteiger partial charge in [-0.25, -0.2) is 0 Å². The van der Waals surface area contributed by atoms with E-state index in [1.807, 2.05) is 6.07 Å². The summed E-state index contributed by atoms with van der Waals surface area (Å²) in [6, 6.07) is 4.14. The Hall–Kier alpha value is -0.890. The fourth-order valence-corrected chi connectivity index (χ4v) is 2.22. The molecular formula is C12H14OS. The zero-order valence-electron chi connectivity index (χ0n) is 8.29. The number of ether oxygens (including phenoxy) is 1. The first-order valence-corrected chi connectivity index (χ1v) is 5.46. The third-order valence-electron chi connectivity index (χ3n) is 2.65. The maximum atomic E-state index is 5.34. The summed E-state index contributed by atoms with van der Waals surface area (Å²) < 4.78 is 5.34. The molecule has 0 radical (unpaired) electrons. The van der Waals surface area contributed by atoms with E-state index in [-0.39, 0.29) is 0 Å². The second-order valence-corrected chi connectivity index (χ2v) is 3.73. The molecule has 0 amide bonds. The number of methoxy groups -OCH3 is 1. The highest BCUT2D eigenvalue weighted by Gasteiger charge is 2.12. The van der Waals surface area contributed by atoms with Crippen molar-refractivity contribution < 1.29 is 4.74 Å². The highest BCUT2D eigenvalue weighted by atomic mass is 32.1. The van der Waals surface area contributed by atoms with Gasteiger partial charge in [0.15, 0.2) is 0 Å². The molecule has 1 nitrogen and oxygen atoms in total. The zero-order valence-corrected chi connectivity index (χ0v) is 9.18. The van der Waals surface area contributed by atoms with E-state index in [1.165, 1.54) is 16.7 Å². The van der Waals surface area contributed by atoms with Crippen molar-refractivity contribution in [2.45, 2.75) is 18.6 Å². The van der Waals surface area contributed by atoms with E-state index >= 15 is 0 Å². The summed E-state index contributed by atoms with van der Waals surface area (Å²) >= 11 is 4.34. The standard InChI is InChI=1S/C12H14OS/c1-13-12-7-6-9(8-14)10-4-2-3-5-11(10)12/h3,5-7,14H,2,4,8H2,1H3. The molecule has 0 aliphatic heterocycles. The van der Waals surface area contributed by atoms with Crippen LogP contribution in [0.5, 0.6) is 5.75 Å². The molecule has 1 aromatic carbocycles. The van der Waals surface area contributed by atoms with E-state index < -0.39 is 0 Å². The van der Waals surface area contributed by atoms with Crippen molar-refractivity contribution in [1.29, 1.82) is 0 Å². The molecule has 0 spiro atoms. The Morgan fingerprint density at radius 1 is 1.43 bits per heavy atom. The molecule has 0 saturated carbocycles. The molecule has 0 N–H and O–H groups in total. The van der Waals surface area contributed by atoms with Crippen LogP contribution < -0.4 is 4.74 Å². The van der Waals surface area contributed by atoms with Gasteiger partial charge in [0, 0.05) is 11.3 Å². The van der Waals surface area contributed by atoms with Crippen molar-refractivity contribution in [3.05, 3.63) is 34.9 Å². The van der Waals surface area contributed by atoms with Crippen molar-refractivity contribution in [3.8, 4) is 5.75 Å². The lowest BCUT2D eigenvalue weighted by atomic mass is 9.92. The second-order valence-electron chi connectivity index (χ2n) is 3.42. The van der Waals surface area contributed by atoms with Gasteiger partial charge in [-0.05, 0) is 30.0 Å². The van der Waals surface area contributed by atoms with Crippen LogP contribution >= 0.6 is 12.6 Å². The van der Waals surface area contributed by atoms with Crippen LogP contribution in [0.1, 0.15) is 23.1 Å². The van der Waals surface area contributed by atoms with Gasteiger partial charge in [-0.1, -0.05) is 18.2 Å². The van der Waals surface area contributed by atoms with Gasteiger partial charge in [0.1, 0.15) is 5.75 Å². The minimum absolute atomic E-state index is 0.806. The van der Waals surface area contributed by atoms with Crippen molar-refractivity contribution in [2.75, 3.05) is 7.11 Å². The van der Waals surface area contributed by atoms with Crippen LogP contribution in [0.3, 0.4) is 0 Å². The number of hydrogen-bond acceptors (Lipinski definition) is 2. The number of fused-ring (bicyclic) bond motifs is 1. The van der Waals surface area contributed by atoms with E-state index in [2.05, 4.69) is 30.8 Å². The van der Waals surface area contributed by atoms with Crippen LogP contribution in [0.15, 0.2) is 18.2 Å². The smallest absolute Gasteiger partial charge is 0.126 e. The summed E-state index contributed by atoms with van der Waals surface area (Å²) in [5, 5.41) is 0. The van der Waals surface area contributed by atoms with Crippen LogP contribution in [0.25, 0.3) is 6.08 Å². The highest BCUT2D eigenvalue weighted by molar-refractivity contribution is 7.79. The zero-order chi connectivity index (χ0) is 9.97. The van der Waals surface area contributed by atoms with Crippen molar-refractivity contribution in [2.24, 2.45) is 0 Å². The average molecular weight is 206 g/mol. The first-order valence-electron chi connectivity index (χ1n) is 4.83. The summed E-state index contributed by atoms with van der Waals surface area (Å²) in [4.78, 5) is 0. The van der Waals surface area contributed by atoms with Gasteiger partial charge in [0.2, 0.25) is 0 Å². The van der Waals surface area contributed by atoms with Crippen LogP contribution in [0, 0.1) is 0 Å². The first-order chi connectivity index (χ1) is 6.86. The fraction of sp³-hybridized carbons (Fsp3) is 0.333. The maximum Gasteiger partial charge on any atom is 0.126 e. The number of benzene rings is 1. The van der Waals surface area contributed by atoms with Gasteiger partial charge >= 0.3 is 0 Å².